The Balaban J connectivity index is 2.12. The Kier molecular flexibility index (Phi) is 5.02. The maximum Gasteiger partial charge on any atom is 0.0172 e. The molecule has 1 aliphatic rings. The van der Waals surface area contributed by atoms with Crippen LogP contribution in [0.25, 0.3) is 0 Å². The van der Waals surface area contributed by atoms with Gasteiger partial charge in [0, 0.05) is 12.2 Å². The van der Waals surface area contributed by atoms with Gasteiger partial charge in [0.2, 0.25) is 0 Å². The maximum atomic E-state index is 3.86. The van der Waals surface area contributed by atoms with E-state index in [1.54, 1.807) is 0 Å². The van der Waals surface area contributed by atoms with Crippen LogP contribution < -0.4 is 10.6 Å². The van der Waals surface area contributed by atoms with Gasteiger partial charge in [-0.3, -0.25) is 0 Å². The van der Waals surface area contributed by atoms with Gasteiger partial charge in [0.15, 0.2) is 0 Å². The third-order valence-corrected chi connectivity index (χ3v) is 3.15. The van der Waals surface area contributed by atoms with E-state index in [-0.39, 0.29) is 0 Å². The summed E-state index contributed by atoms with van der Waals surface area (Å²) >= 11 is 0. The number of allylic oxidation sites excluding steroid dienone is 1. The van der Waals surface area contributed by atoms with E-state index in [1.807, 2.05) is 6.92 Å². The number of nitrogens with one attached hydrogen (secondary N) is 2. The lowest BCUT2D eigenvalue weighted by atomic mass is 9.82. The molecule has 0 bridgehead atoms. The average Bonchev–Trinajstić information content (AvgIpc) is 2.17. The lowest BCUT2D eigenvalue weighted by Crippen LogP contribution is -2.28. The Morgan fingerprint density at radius 2 is 1.64 bits per heavy atom. The fraction of sp³-hybridized carbons (Fsp3) is 0.833. The van der Waals surface area contributed by atoms with Crippen LogP contribution in [-0.4, -0.2) is 20.1 Å². The minimum absolute atomic E-state index is 0.875. The Bertz CT molecular complexity index is 169. The molecule has 0 aromatic heterocycles. The fourth-order valence-corrected chi connectivity index (χ4v) is 2.25. The van der Waals surface area contributed by atoms with Gasteiger partial charge in [-0.15, -0.1) is 0 Å². The number of hydrogen-bond acceptors (Lipinski definition) is 2. The summed E-state index contributed by atoms with van der Waals surface area (Å²) in [6.07, 6.45) is 5.55. The highest BCUT2D eigenvalue weighted by molar-refractivity contribution is 4.86. The first-order chi connectivity index (χ1) is 6.72. The summed E-state index contributed by atoms with van der Waals surface area (Å²) in [7, 11) is 2.05. The number of rotatable bonds is 5. The molecule has 0 saturated heterocycles. The van der Waals surface area contributed by atoms with E-state index in [2.05, 4.69) is 24.3 Å². The summed E-state index contributed by atoms with van der Waals surface area (Å²) in [5, 5.41) is 6.62. The second-order valence-corrected chi connectivity index (χ2v) is 4.61. The van der Waals surface area contributed by atoms with Crippen LogP contribution in [0.5, 0.6) is 0 Å². The quantitative estimate of drug-likeness (QED) is 0.704. The van der Waals surface area contributed by atoms with E-state index in [1.165, 1.54) is 32.2 Å². The zero-order valence-electron chi connectivity index (χ0n) is 9.60. The van der Waals surface area contributed by atoms with Crippen LogP contribution in [0, 0.1) is 11.8 Å². The Labute approximate surface area is 88.2 Å². The van der Waals surface area contributed by atoms with Gasteiger partial charge < -0.3 is 10.6 Å². The van der Waals surface area contributed by atoms with Crippen LogP contribution >= 0.6 is 0 Å². The molecule has 1 rings (SSSR count). The molecule has 1 aliphatic carbocycles. The third kappa shape index (κ3) is 4.14. The van der Waals surface area contributed by atoms with Crippen molar-refractivity contribution in [3.05, 3.63) is 12.3 Å². The zero-order chi connectivity index (χ0) is 10.4. The summed E-state index contributed by atoms with van der Waals surface area (Å²) < 4.78 is 0. The van der Waals surface area contributed by atoms with E-state index in [0.717, 1.165) is 24.1 Å². The van der Waals surface area contributed by atoms with Gasteiger partial charge in [0.05, 0.1) is 0 Å². The molecule has 0 spiro atoms. The van der Waals surface area contributed by atoms with Crippen molar-refractivity contribution in [3.8, 4) is 0 Å². The Morgan fingerprint density at radius 3 is 2.07 bits per heavy atom. The molecule has 1 saturated carbocycles. The smallest absolute Gasteiger partial charge is 0.0172 e. The van der Waals surface area contributed by atoms with Crippen LogP contribution in [0.4, 0.5) is 0 Å². The molecule has 2 N–H and O–H groups in total. The van der Waals surface area contributed by atoms with Crippen molar-refractivity contribution in [2.45, 2.75) is 32.6 Å². The summed E-state index contributed by atoms with van der Waals surface area (Å²) in [6.45, 7) is 8.22. The highest BCUT2D eigenvalue weighted by Gasteiger charge is 2.19. The highest BCUT2D eigenvalue weighted by atomic mass is 14.9. The van der Waals surface area contributed by atoms with Crippen molar-refractivity contribution in [1.29, 1.82) is 0 Å². The Morgan fingerprint density at radius 1 is 1.14 bits per heavy atom. The summed E-state index contributed by atoms with van der Waals surface area (Å²) in [6, 6.07) is 0. The topological polar surface area (TPSA) is 24.1 Å². The monoisotopic (exact) mass is 196 g/mol. The van der Waals surface area contributed by atoms with Crippen LogP contribution in [0.3, 0.4) is 0 Å². The Hall–Kier alpha value is -0.500. The predicted molar refractivity (Wildman–Crippen MR) is 62.2 cm³/mol. The van der Waals surface area contributed by atoms with Gasteiger partial charge >= 0.3 is 0 Å². The van der Waals surface area contributed by atoms with Gasteiger partial charge in [-0.1, -0.05) is 6.58 Å². The summed E-state index contributed by atoms with van der Waals surface area (Å²) in [5.41, 5.74) is 1.10. The van der Waals surface area contributed by atoms with Crippen LogP contribution in [-0.2, 0) is 0 Å². The molecule has 14 heavy (non-hydrogen) atoms. The summed E-state index contributed by atoms with van der Waals surface area (Å²) in [4.78, 5) is 0. The van der Waals surface area contributed by atoms with E-state index in [0.29, 0.717) is 0 Å². The second-order valence-electron chi connectivity index (χ2n) is 4.61. The molecule has 2 nitrogen and oxygen atoms in total. The lowest BCUT2D eigenvalue weighted by molar-refractivity contribution is 0.268. The van der Waals surface area contributed by atoms with Crippen molar-refractivity contribution in [2.24, 2.45) is 11.8 Å². The second kappa shape index (κ2) is 6.07. The number of hydrogen-bond donors (Lipinski definition) is 2. The van der Waals surface area contributed by atoms with Crippen LogP contribution in [0.2, 0.25) is 0 Å². The third-order valence-electron chi connectivity index (χ3n) is 3.15. The first-order valence-electron chi connectivity index (χ1n) is 5.76. The fourth-order valence-electron chi connectivity index (χ4n) is 2.25. The molecule has 0 amide bonds. The van der Waals surface area contributed by atoms with Gasteiger partial charge in [-0.05, 0) is 58.0 Å². The molecule has 0 aromatic rings. The lowest BCUT2D eigenvalue weighted by Gasteiger charge is -2.28. The van der Waals surface area contributed by atoms with E-state index in [9.17, 15) is 0 Å². The normalized spacial score (nSPS) is 27.3. The van der Waals surface area contributed by atoms with Gasteiger partial charge in [-0.2, -0.15) is 0 Å². The molecule has 0 heterocycles. The van der Waals surface area contributed by atoms with Crippen molar-refractivity contribution < 1.29 is 0 Å². The molecule has 0 radical (unpaired) electrons. The molecule has 0 unspecified atom stereocenters. The molecule has 0 aliphatic heterocycles. The molecular formula is C12H24N2. The summed E-state index contributed by atoms with van der Waals surface area (Å²) in [5.74, 6) is 1.79. The van der Waals surface area contributed by atoms with E-state index >= 15 is 0 Å². The van der Waals surface area contributed by atoms with Crippen molar-refractivity contribution in [2.75, 3.05) is 20.1 Å². The molecule has 1 fully saturated rings. The van der Waals surface area contributed by atoms with Crippen molar-refractivity contribution in [1.82, 2.24) is 10.6 Å². The van der Waals surface area contributed by atoms with Crippen LogP contribution in [0.1, 0.15) is 32.6 Å². The minimum atomic E-state index is 0.875. The largest absolute Gasteiger partial charge is 0.389 e. The van der Waals surface area contributed by atoms with Gasteiger partial charge in [0.25, 0.3) is 0 Å². The predicted octanol–water partition coefficient (Wildman–Crippen LogP) is 2.14. The SMILES string of the molecule is C=C(C)NCC1CCC(CNC)CC1. The first-order valence-corrected chi connectivity index (χ1v) is 5.76. The standard InChI is InChI=1S/C12H24N2/c1-10(2)14-9-12-6-4-11(5-7-12)8-13-3/h11-14H,1,4-9H2,2-3H3. The minimum Gasteiger partial charge on any atom is -0.389 e. The van der Waals surface area contributed by atoms with Crippen LogP contribution in [0.15, 0.2) is 12.3 Å². The van der Waals surface area contributed by atoms with E-state index in [4.69, 9.17) is 0 Å². The molecule has 0 atom stereocenters. The van der Waals surface area contributed by atoms with Crippen molar-refractivity contribution >= 4 is 0 Å². The molecule has 0 aromatic carbocycles. The zero-order valence-corrected chi connectivity index (χ0v) is 9.60. The molecule has 82 valence electrons. The highest BCUT2D eigenvalue weighted by Crippen LogP contribution is 2.27. The maximum absolute atomic E-state index is 3.86. The average molecular weight is 196 g/mol. The van der Waals surface area contributed by atoms with Crippen molar-refractivity contribution in [3.63, 3.8) is 0 Å². The van der Waals surface area contributed by atoms with Gasteiger partial charge in [0.1, 0.15) is 0 Å². The van der Waals surface area contributed by atoms with Gasteiger partial charge in [-0.25, -0.2) is 0 Å². The molecular weight excluding hydrogens is 172 g/mol. The molecule has 2 heteroatoms. The van der Waals surface area contributed by atoms with E-state index < -0.39 is 0 Å². The first kappa shape index (κ1) is 11.6.